The topological polar surface area (TPSA) is 67.8 Å². The fourth-order valence-electron chi connectivity index (χ4n) is 2.11. The molecule has 0 fully saturated rings. The maximum Gasteiger partial charge on any atom is 0.337 e. The van der Waals surface area contributed by atoms with Gasteiger partial charge in [-0.15, -0.1) is 0 Å². The van der Waals surface area contributed by atoms with Crippen LogP contribution in [0, 0.1) is 0 Å². The number of aromatic carboxylic acids is 1. The van der Waals surface area contributed by atoms with E-state index in [0.717, 1.165) is 10.0 Å². The standard InChI is InChI=1S/C15H12BrNO4/c16-11-6-14-13(20-8-21-14)5-9(11)7-17-12-4-2-1-3-10(12)15(18)19/h1-6,17H,7-8H2,(H,18,19). The first-order chi connectivity index (χ1) is 10.1. The third kappa shape index (κ3) is 2.80. The van der Waals surface area contributed by atoms with Crippen LogP contribution in [0.4, 0.5) is 5.69 Å². The first-order valence-corrected chi connectivity index (χ1v) is 7.08. The number of hydrogen-bond acceptors (Lipinski definition) is 4. The number of benzene rings is 2. The molecule has 1 aliphatic rings. The fraction of sp³-hybridized carbons (Fsp3) is 0.133. The summed E-state index contributed by atoms with van der Waals surface area (Å²) in [6.45, 7) is 0.696. The van der Waals surface area contributed by atoms with E-state index in [1.807, 2.05) is 12.1 Å². The van der Waals surface area contributed by atoms with Crippen LogP contribution in [0.2, 0.25) is 0 Å². The van der Waals surface area contributed by atoms with E-state index in [1.165, 1.54) is 0 Å². The number of hydrogen-bond donors (Lipinski definition) is 2. The lowest BCUT2D eigenvalue weighted by Gasteiger charge is -2.11. The van der Waals surface area contributed by atoms with Crippen LogP contribution in [0.3, 0.4) is 0 Å². The van der Waals surface area contributed by atoms with Crippen LogP contribution in [0.25, 0.3) is 0 Å². The molecule has 0 spiro atoms. The van der Waals surface area contributed by atoms with Crippen molar-refractivity contribution in [1.29, 1.82) is 0 Å². The molecule has 0 saturated carbocycles. The Balaban J connectivity index is 1.81. The smallest absolute Gasteiger partial charge is 0.337 e. The van der Waals surface area contributed by atoms with Crippen molar-refractivity contribution in [3.8, 4) is 11.5 Å². The van der Waals surface area contributed by atoms with E-state index in [9.17, 15) is 4.79 Å². The van der Waals surface area contributed by atoms with Gasteiger partial charge in [-0.25, -0.2) is 4.79 Å². The van der Waals surface area contributed by atoms with Gasteiger partial charge in [0.25, 0.3) is 0 Å². The summed E-state index contributed by atoms with van der Waals surface area (Å²) in [7, 11) is 0. The second kappa shape index (κ2) is 5.65. The summed E-state index contributed by atoms with van der Waals surface area (Å²) in [6, 6.07) is 10.5. The number of halogens is 1. The van der Waals surface area contributed by atoms with E-state index in [-0.39, 0.29) is 12.4 Å². The maximum absolute atomic E-state index is 11.2. The summed E-state index contributed by atoms with van der Waals surface area (Å²) < 4.78 is 11.5. The number of fused-ring (bicyclic) bond motifs is 1. The molecule has 2 N–H and O–H groups in total. The summed E-state index contributed by atoms with van der Waals surface area (Å²) in [4.78, 5) is 11.2. The summed E-state index contributed by atoms with van der Waals surface area (Å²) in [5.41, 5.74) is 1.78. The molecule has 0 aliphatic carbocycles. The SMILES string of the molecule is O=C(O)c1ccccc1NCc1cc2c(cc1Br)OCO2. The highest BCUT2D eigenvalue weighted by molar-refractivity contribution is 9.10. The lowest BCUT2D eigenvalue weighted by molar-refractivity contribution is 0.0698. The molecule has 2 aromatic rings. The average Bonchev–Trinajstić information content (AvgIpc) is 2.92. The van der Waals surface area contributed by atoms with Crippen LogP contribution < -0.4 is 14.8 Å². The lowest BCUT2D eigenvalue weighted by Crippen LogP contribution is -2.06. The number of nitrogens with one attached hydrogen (secondary N) is 1. The molecule has 108 valence electrons. The van der Waals surface area contributed by atoms with Crippen molar-refractivity contribution in [1.82, 2.24) is 0 Å². The van der Waals surface area contributed by atoms with Crippen molar-refractivity contribution in [3.05, 3.63) is 52.0 Å². The molecule has 21 heavy (non-hydrogen) atoms. The van der Waals surface area contributed by atoms with Crippen molar-refractivity contribution in [3.63, 3.8) is 0 Å². The molecular formula is C15H12BrNO4. The summed E-state index contributed by atoms with van der Waals surface area (Å²) in [5.74, 6) is 0.445. The second-order valence-corrected chi connectivity index (χ2v) is 5.36. The van der Waals surface area contributed by atoms with Gasteiger partial charge in [-0.1, -0.05) is 28.1 Å². The molecule has 3 rings (SSSR count). The van der Waals surface area contributed by atoms with E-state index < -0.39 is 5.97 Å². The number of carboxylic acid groups (broad SMARTS) is 1. The third-order valence-corrected chi connectivity index (χ3v) is 3.91. The number of carboxylic acids is 1. The minimum Gasteiger partial charge on any atom is -0.478 e. The normalized spacial score (nSPS) is 12.2. The molecule has 0 amide bonds. The minimum absolute atomic E-state index is 0.223. The second-order valence-electron chi connectivity index (χ2n) is 4.50. The van der Waals surface area contributed by atoms with Crippen LogP contribution in [-0.4, -0.2) is 17.9 Å². The van der Waals surface area contributed by atoms with Gasteiger partial charge in [0.1, 0.15) is 0 Å². The summed E-state index contributed by atoms with van der Waals surface area (Å²) in [5, 5.41) is 12.3. The molecule has 1 aliphatic heterocycles. The Labute approximate surface area is 129 Å². The van der Waals surface area contributed by atoms with Crippen LogP contribution in [0.1, 0.15) is 15.9 Å². The largest absolute Gasteiger partial charge is 0.478 e. The molecule has 2 aromatic carbocycles. The number of carbonyl (C=O) groups is 1. The Morgan fingerprint density at radius 3 is 2.71 bits per heavy atom. The number of anilines is 1. The Morgan fingerprint density at radius 2 is 1.95 bits per heavy atom. The third-order valence-electron chi connectivity index (χ3n) is 3.17. The molecule has 0 radical (unpaired) electrons. The fourth-order valence-corrected chi connectivity index (χ4v) is 2.57. The predicted octanol–water partition coefficient (Wildman–Crippen LogP) is 3.49. The van der Waals surface area contributed by atoms with Crippen molar-refractivity contribution in [2.24, 2.45) is 0 Å². The molecule has 5 nitrogen and oxygen atoms in total. The molecule has 6 heteroatoms. The van der Waals surface area contributed by atoms with Crippen molar-refractivity contribution >= 4 is 27.6 Å². The van der Waals surface area contributed by atoms with Gasteiger partial charge in [0.05, 0.1) is 5.56 Å². The highest BCUT2D eigenvalue weighted by atomic mass is 79.9. The Kier molecular flexibility index (Phi) is 3.70. The molecule has 0 unspecified atom stereocenters. The van der Waals surface area contributed by atoms with E-state index in [4.69, 9.17) is 14.6 Å². The van der Waals surface area contributed by atoms with Gasteiger partial charge < -0.3 is 19.9 Å². The average molecular weight is 350 g/mol. The molecule has 1 heterocycles. The Hall–Kier alpha value is -2.21. The zero-order valence-corrected chi connectivity index (χ0v) is 12.5. The zero-order chi connectivity index (χ0) is 14.8. The van der Waals surface area contributed by atoms with E-state index >= 15 is 0 Å². The van der Waals surface area contributed by atoms with Gasteiger partial charge in [-0.3, -0.25) is 0 Å². The van der Waals surface area contributed by atoms with Gasteiger partial charge in [0, 0.05) is 16.7 Å². The first-order valence-electron chi connectivity index (χ1n) is 6.29. The predicted molar refractivity (Wildman–Crippen MR) is 81.0 cm³/mol. The zero-order valence-electron chi connectivity index (χ0n) is 10.9. The van der Waals surface area contributed by atoms with Crippen LogP contribution in [-0.2, 0) is 6.54 Å². The van der Waals surface area contributed by atoms with Gasteiger partial charge in [0.2, 0.25) is 6.79 Å². The highest BCUT2D eigenvalue weighted by Gasteiger charge is 2.16. The van der Waals surface area contributed by atoms with Gasteiger partial charge in [-0.05, 0) is 29.8 Å². The lowest BCUT2D eigenvalue weighted by atomic mass is 10.1. The monoisotopic (exact) mass is 349 g/mol. The Morgan fingerprint density at radius 1 is 1.24 bits per heavy atom. The van der Waals surface area contributed by atoms with Crippen LogP contribution in [0.15, 0.2) is 40.9 Å². The molecular weight excluding hydrogens is 338 g/mol. The van der Waals surface area contributed by atoms with Crippen LogP contribution in [0.5, 0.6) is 11.5 Å². The van der Waals surface area contributed by atoms with Gasteiger partial charge in [0.15, 0.2) is 11.5 Å². The van der Waals surface area contributed by atoms with E-state index in [0.29, 0.717) is 23.7 Å². The Bertz CT molecular complexity index is 702. The quantitative estimate of drug-likeness (QED) is 0.884. The minimum atomic E-state index is -0.956. The molecule has 0 aromatic heterocycles. The summed E-state index contributed by atoms with van der Waals surface area (Å²) >= 11 is 3.48. The number of para-hydroxylation sites is 1. The maximum atomic E-state index is 11.2. The first kappa shape index (κ1) is 13.8. The van der Waals surface area contributed by atoms with Crippen molar-refractivity contribution < 1.29 is 19.4 Å². The van der Waals surface area contributed by atoms with Crippen molar-refractivity contribution in [2.75, 3.05) is 12.1 Å². The highest BCUT2D eigenvalue weighted by Crippen LogP contribution is 2.37. The molecule has 0 saturated heterocycles. The molecule has 0 atom stereocenters. The van der Waals surface area contributed by atoms with Crippen LogP contribution >= 0.6 is 15.9 Å². The van der Waals surface area contributed by atoms with Crippen molar-refractivity contribution in [2.45, 2.75) is 6.54 Å². The van der Waals surface area contributed by atoms with E-state index in [2.05, 4.69) is 21.2 Å². The number of ether oxygens (including phenoxy) is 2. The summed E-state index contributed by atoms with van der Waals surface area (Å²) in [6.07, 6.45) is 0. The van der Waals surface area contributed by atoms with Gasteiger partial charge in [-0.2, -0.15) is 0 Å². The number of rotatable bonds is 4. The van der Waals surface area contributed by atoms with E-state index in [1.54, 1.807) is 24.3 Å². The van der Waals surface area contributed by atoms with Gasteiger partial charge >= 0.3 is 5.97 Å². The molecule has 0 bridgehead atoms.